The highest BCUT2D eigenvalue weighted by Gasteiger charge is 2.16. The lowest BCUT2D eigenvalue weighted by molar-refractivity contribution is -0.383. The molecule has 108 valence electrons. The Morgan fingerprint density at radius 1 is 1.19 bits per heavy atom. The van der Waals surface area contributed by atoms with Crippen molar-refractivity contribution in [2.75, 3.05) is 12.4 Å². The zero-order valence-corrected chi connectivity index (χ0v) is 11.1. The Hall–Kier alpha value is -3.09. The van der Waals surface area contributed by atoms with E-state index in [0.717, 1.165) is 5.56 Å². The second-order valence-corrected chi connectivity index (χ2v) is 4.15. The molecule has 0 heterocycles. The van der Waals surface area contributed by atoms with Gasteiger partial charge in [0.25, 0.3) is 5.69 Å². The van der Waals surface area contributed by atoms with Crippen LogP contribution in [-0.2, 0) is 0 Å². The quantitative estimate of drug-likeness (QED) is 0.663. The molecular formula is C14H12N2O5. The summed E-state index contributed by atoms with van der Waals surface area (Å²) in [6.45, 7) is 0. The van der Waals surface area contributed by atoms with Crippen molar-refractivity contribution >= 4 is 17.5 Å². The maximum Gasteiger partial charge on any atom is 0.409 e. The van der Waals surface area contributed by atoms with E-state index in [2.05, 4.69) is 0 Å². The van der Waals surface area contributed by atoms with Crippen molar-refractivity contribution in [1.29, 1.82) is 0 Å². The van der Waals surface area contributed by atoms with Crippen LogP contribution in [0.2, 0.25) is 0 Å². The minimum Gasteiger partial charge on any atom is -0.497 e. The Bertz CT molecular complexity index is 682. The summed E-state index contributed by atoms with van der Waals surface area (Å²) in [4.78, 5) is 21.0. The van der Waals surface area contributed by atoms with Gasteiger partial charge < -0.3 is 9.84 Å². The van der Waals surface area contributed by atoms with Crippen LogP contribution in [0.1, 0.15) is 0 Å². The fourth-order valence-electron chi connectivity index (χ4n) is 1.87. The first-order chi connectivity index (χ1) is 10.0. The Morgan fingerprint density at radius 3 is 2.33 bits per heavy atom. The molecule has 0 bridgehead atoms. The first-order valence-electron chi connectivity index (χ1n) is 5.94. The fraction of sp³-hybridized carbons (Fsp3) is 0.0714. The van der Waals surface area contributed by atoms with E-state index in [0.29, 0.717) is 11.3 Å². The normalized spacial score (nSPS) is 9.95. The maximum absolute atomic E-state index is 11.0. The summed E-state index contributed by atoms with van der Waals surface area (Å²) in [6.07, 6.45) is -1.35. The smallest absolute Gasteiger partial charge is 0.409 e. The molecule has 2 aromatic carbocycles. The van der Waals surface area contributed by atoms with Gasteiger partial charge in [-0.1, -0.05) is 18.2 Å². The number of methoxy groups -OCH3 is 1. The summed E-state index contributed by atoms with van der Waals surface area (Å²) >= 11 is 0. The maximum atomic E-state index is 11.0. The second-order valence-electron chi connectivity index (χ2n) is 4.15. The van der Waals surface area contributed by atoms with Crippen molar-refractivity contribution < 1.29 is 19.6 Å². The van der Waals surface area contributed by atoms with E-state index in [1.54, 1.807) is 37.4 Å². The minimum atomic E-state index is -1.35. The number of rotatable bonds is 4. The van der Waals surface area contributed by atoms with Crippen LogP contribution < -0.4 is 10.1 Å². The van der Waals surface area contributed by atoms with Gasteiger partial charge >= 0.3 is 6.09 Å². The number of ether oxygens (including phenoxy) is 1. The Morgan fingerprint density at radius 2 is 1.81 bits per heavy atom. The van der Waals surface area contributed by atoms with Crippen molar-refractivity contribution in [2.45, 2.75) is 0 Å². The number of hydrogen-bond donors (Lipinski definition) is 2. The molecule has 1 amide bonds. The largest absolute Gasteiger partial charge is 0.497 e. The summed E-state index contributed by atoms with van der Waals surface area (Å²) in [5, 5.41) is 21.7. The van der Waals surface area contributed by atoms with Crippen LogP contribution >= 0.6 is 0 Å². The molecule has 7 nitrogen and oxygen atoms in total. The van der Waals surface area contributed by atoms with E-state index in [1.807, 2.05) is 5.32 Å². The molecule has 0 unspecified atom stereocenters. The first-order valence-corrected chi connectivity index (χ1v) is 5.94. The molecule has 0 aromatic heterocycles. The molecule has 0 radical (unpaired) electrons. The molecule has 2 rings (SSSR count). The van der Waals surface area contributed by atoms with Crippen molar-refractivity contribution in [2.24, 2.45) is 0 Å². The van der Waals surface area contributed by atoms with Gasteiger partial charge in [0, 0.05) is 6.07 Å². The van der Waals surface area contributed by atoms with Gasteiger partial charge in [-0.25, -0.2) is 4.79 Å². The number of nitrogens with one attached hydrogen (secondary N) is 1. The molecule has 0 aliphatic carbocycles. The molecule has 0 aliphatic heterocycles. The summed E-state index contributed by atoms with van der Waals surface area (Å²) in [6, 6.07) is 11.3. The van der Waals surface area contributed by atoms with E-state index in [4.69, 9.17) is 9.84 Å². The van der Waals surface area contributed by atoms with Crippen LogP contribution in [0, 0.1) is 10.1 Å². The monoisotopic (exact) mass is 288 g/mol. The molecule has 0 fully saturated rings. The number of benzene rings is 2. The van der Waals surface area contributed by atoms with Gasteiger partial charge in [-0.15, -0.1) is 0 Å². The van der Waals surface area contributed by atoms with Crippen LogP contribution in [0.3, 0.4) is 0 Å². The molecule has 0 aliphatic rings. The van der Waals surface area contributed by atoms with Crippen LogP contribution in [-0.4, -0.2) is 23.2 Å². The molecule has 2 aromatic rings. The predicted octanol–water partition coefficient (Wildman–Crippen LogP) is 3.36. The standard InChI is InChI=1S/C14H12N2O5/c1-21-11-5-2-9(3-6-11)10-4-7-12(15-14(17)18)13(8-10)16(19)20/h2-8,15H,1H3,(H,17,18). The van der Waals surface area contributed by atoms with Crippen LogP contribution in [0.25, 0.3) is 11.1 Å². The highest BCUT2D eigenvalue weighted by atomic mass is 16.6. The molecule has 21 heavy (non-hydrogen) atoms. The summed E-state index contributed by atoms with van der Waals surface area (Å²) in [7, 11) is 1.55. The number of carbonyl (C=O) groups is 1. The summed E-state index contributed by atoms with van der Waals surface area (Å²) in [5.74, 6) is 0.678. The number of carboxylic acid groups (broad SMARTS) is 1. The van der Waals surface area contributed by atoms with E-state index < -0.39 is 11.0 Å². The third-order valence-electron chi connectivity index (χ3n) is 2.86. The molecule has 2 N–H and O–H groups in total. The Kier molecular flexibility index (Phi) is 4.03. The SMILES string of the molecule is COc1ccc(-c2ccc(NC(=O)O)c([N+](=O)[O-])c2)cc1. The topological polar surface area (TPSA) is 102 Å². The van der Waals surface area contributed by atoms with E-state index in [-0.39, 0.29) is 11.4 Å². The number of nitro benzene ring substituents is 1. The molecule has 7 heteroatoms. The first kappa shape index (κ1) is 14.3. The van der Waals surface area contributed by atoms with E-state index >= 15 is 0 Å². The summed E-state index contributed by atoms with van der Waals surface area (Å²) in [5.41, 5.74) is 1.01. The van der Waals surface area contributed by atoms with Gasteiger partial charge in [0.15, 0.2) is 0 Å². The molecule has 0 saturated carbocycles. The number of nitrogens with zero attached hydrogens (tertiary/aromatic N) is 1. The molecule has 0 spiro atoms. The fourth-order valence-corrected chi connectivity index (χ4v) is 1.87. The number of nitro groups is 1. The van der Waals surface area contributed by atoms with Gasteiger partial charge in [0.2, 0.25) is 0 Å². The van der Waals surface area contributed by atoms with Gasteiger partial charge in [-0.2, -0.15) is 0 Å². The van der Waals surface area contributed by atoms with Gasteiger partial charge in [-0.05, 0) is 29.3 Å². The lowest BCUT2D eigenvalue weighted by Crippen LogP contribution is -2.09. The lowest BCUT2D eigenvalue weighted by Gasteiger charge is -2.07. The molecule has 0 atom stereocenters. The van der Waals surface area contributed by atoms with E-state index in [9.17, 15) is 14.9 Å². The minimum absolute atomic E-state index is 0.0650. The van der Waals surface area contributed by atoms with Crippen molar-refractivity contribution in [1.82, 2.24) is 0 Å². The van der Waals surface area contributed by atoms with Crippen molar-refractivity contribution in [3.8, 4) is 16.9 Å². The van der Waals surface area contributed by atoms with Crippen LogP contribution in [0.15, 0.2) is 42.5 Å². The highest BCUT2D eigenvalue weighted by Crippen LogP contribution is 2.31. The van der Waals surface area contributed by atoms with Gasteiger partial charge in [0.05, 0.1) is 12.0 Å². The number of amides is 1. The molecule has 0 saturated heterocycles. The third kappa shape index (κ3) is 3.27. The average Bonchev–Trinajstić information content (AvgIpc) is 2.47. The van der Waals surface area contributed by atoms with Crippen molar-refractivity contribution in [3.05, 3.63) is 52.6 Å². The van der Waals surface area contributed by atoms with Gasteiger partial charge in [0.1, 0.15) is 11.4 Å². The van der Waals surface area contributed by atoms with E-state index in [1.165, 1.54) is 12.1 Å². The Balaban J connectivity index is 2.43. The second kappa shape index (κ2) is 5.91. The van der Waals surface area contributed by atoms with Crippen LogP contribution in [0.4, 0.5) is 16.2 Å². The zero-order chi connectivity index (χ0) is 15.4. The number of hydrogen-bond acceptors (Lipinski definition) is 4. The highest BCUT2D eigenvalue weighted by molar-refractivity contribution is 5.87. The average molecular weight is 288 g/mol. The third-order valence-corrected chi connectivity index (χ3v) is 2.86. The van der Waals surface area contributed by atoms with Crippen LogP contribution in [0.5, 0.6) is 5.75 Å². The summed E-state index contributed by atoms with van der Waals surface area (Å²) < 4.78 is 5.05. The zero-order valence-electron chi connectivity index (χ0n) is 11.1. The number of anilines is 1. The predicted molar refractivity (Wildman–Crippen MR) is 76.7 cm³/mol. The molecular weight excluding hydrogens is 276 g/mol. The Labute approximate surface area is 119 Å². The van der Waals surface area contributed by atoms with Crippen molar-refractivity contribution in [3.63, 3.8) is 0 Å². The van der Waals surface area contributed by atoms with Gasteiger partial charge in [-0.3, -0.25) is 15.4 Å². The lowest BCUT2D eigenvalue weighted by atomic mass is 10.0.